The molecule has 2 rings (SSSR count). The minimum atomic E-state index is 0.478. The predicted molar refractivity (Wildman–Crippen MR) is 75.4 cm³/mol. The van der Waals surface area contributed by atoms with Crippen molar-refractivity contribution < 1.29 is 0 Å². The van der Waals surface area contributed by atoms with Crippen molar-refractivity contribution in [1.82, 2.24) is 4.98 Å². The summed E-state index contributed by atoms with van der Waals surface area (Å²) >= 11 is 0. The van der Waals surface area contributed by atoms with Gasteiger partial charge in [0.25, 0.3) is 0 Å². The molecule has 0 atom stereocenters. The number of benzene rings is 1. The fourth-order valence-electron chi connectivity index (χ4n) is 1.87. The van der Waals surface area contributed by atoms with Crippen molar-refractivity contribution in [3.05, 3.63) is 59.4 Å². The van der Waals surface area contributed by atoms with Crippen LogP contribution in [0, 0.1) is 6.92 Å². The summed E-state index contributed by atoms with van der Waals surface area (Å²) < 4.78 is 0. The Morgan fingerprint density at radius 1 is 1.17 bits per heavy atom. The number of hydrogen-bond acceptors (Lipinski definition) is 3. The summed E-state index contributed by atoms with van der Waals surface area (Å²) in [5.74, 6) is 0. The average molecular weight is 241 g/mol. The molecule has 0 saturated carbocycles. The van der Waals surface area contributed by atoms with E-state index in [1.165, 1.54) is 11.1 Å². The number of rotatable bonds is 4. The first kappa shape index (κ1) is 12.6. The molecule has 0 unspecified atom stereocenters. The predicted octanol–water partition coefficient (Wildman–Crippen LogP) is 2.49. The fraction of sp³-hybridized carbons (Fsp3) is 0.267. The molecule has 94 valence electrons. The summed E-state index contributed by atoms with van der Waals surface area (Å²) in [5.41, 5.74) is 10.3. The molecule has 0 spiro atoms. The van der Waals surface area contributed by atoms with Gasteiger partial charge in [0.2, 0.25) is 0 Å². The van der Waals surface area contributed by atoms with Gasteiger partial charge in [0, 0.05) is 32.0 Å². The summed E-state index contributed by atoms with van der Waals surface area (Å²) in [5, 5.41) is 0. The maximum atomic E-state index is 5.61. The van der Waals surface area contributed by atoms with E-state index in [1.807, 2.05) is 18.3 Å². The highest BCUT2D eigenvalue weighted by atomic mass is 15.1. The van der Waals surface area contributed by atoms with Crippen molar-refractivity contribution in [2.24, 2.45) is 5.73 Å². The van der Waals surface area contributed by atoms with Gasteiger partial charge in [0.1, 0.15) is 0 Å². The lowest BCUT2D eigenvalue weighted by molar-refractivity contribution is 0.908. The van der Waals surface area contributed by atoms with E-state index >= 15 is 0 Å². The smallest absolute Gasteiger partial charge is 0.0560 e. The highest BCUT2D eigenvalue weighted by Crippen LogP contribution is 2.16. The Hall–Kier alpha value is -1.87. The van der Waals surface area contributed by atoms with Crippen molar-refractivity contribution in [2.75, 3.05) is 11.9 Å². The van der Waals surface area contributed by atoms with Gasteiger partial charge in [-0.05, 0) is 24.6 Å². The normalized spacial score (nSPS) is 10.4. The number of pyridine rings is 1. The summed E-state index contributed by atoms with van der Waals surface area (Å²) in [6, 6.07) is 12.7. The summed E-state index contributed by atoms with van der Waals surface area (Å²) in [6.07, 6.45) is 1.81. The van der Waals surface area contributed by atoms with Crippen molar-refractivity contribution in [2.45, 2.75) is 20.0 Å². The van der Waals surface area contributed by atoms with Gasteiger partial charge in [-0.2, -0.15) is 0 Å². The molecule has 0 aliphatic rings. The summed E-state index contributed by atoms with van der Waals surface area (Å²) in [6.45, 7) is 3.46. The molecule has 1 heterocycles. The Bertz CT molecular complexity index is 505. The Morgan fingerprint density at radius 2 is 1.89 bits per heavy atom. The number of aryl methyl sites for hydroxylation is 1. The van der Waals surface area contributed by atoms with Crippen molar-refractivity contribution in [3.8, 4) is 0 Å². The molecule has 2 N–H and O–H groups in total. The highest BCUT2D eigenvalue weighted by Gasteiger charge is 2.03. The van der Waals surface area contributed by atoms with Crippen LogP contribution in [0.3, 0.4) is 0 Å². The first-order valence-corrected chi connectivity index (χ1v) is 6.10. The number of aromatic nitrogens is 1. The summed E-state index contributed by atoms with van der Waals surface area (Å²) in [4.78, 5) is 6.41. The van der Waals surface area contributed by atoms with E-state index in [0.717, 1.165) is 17.9 Å². The van der Waals surface area contributed by atoms with Crippen LogP contribution < -0.4 is 10.6 Å². The van der Waals surface area contributed by atoms with E-state index in [-0.39, 0.29) is 0 Å². The van der Waals surface area contributed by atoms with Gasteiger partial charge in [0.05, 0.1) is 5.69 Å². The largest absolute Gasteiger partial charge is 0.370 e. The van der Waals surface area contributed by atoms with Gasteiger partial charge in [-0.3, -0.25) is 4.98 Å². The van der Waals surface area contributed by atoms with Crippen molar-refractivity contribution >= 4 is 5.69 Å². The third-order valence-corrected chi connectivity index (χ3v) is 2.99. The Labute approximate surface area is 108 Å². The van der Waals surface area contributed by atoms with Crippen molar-refractivity contribution in [3.63, 3.8) is 0 Å². The second kappa shape index (κ2) is 5.65. The molecular formula is C15H19N3. The fourth-order valence-corrected chi connectivity index (χ4v) is 1.87. The molecule has 0 aliphatic carbocycles. The zero-order chi connectivity index (χ0) is 13.0. The maximum absolute atomic E-state index is 5.61. The zero-order valence-corrected chi connectivity index (χ0v) is 10.9. The molecule has 0 radical (unpaired) electrons. The quantitative estimate of drug-likeness (QED) is 0.894. The monoisotopic (exact) mass is 241 g/mol. The molecule has 3 heteroatoms. The molecule has 1 aromatic carbocycles. The lowest BCUT2D eigenvalue weighted by Crippen LogP contribution is -2.17. The van der Waals surface area contributed by atoms with Crippen LogP contribution in [0.25, 0.3) is 0 Å². The lowest BCUT2D eigenvalue weighted by Gasteiger charge is -2.19. The van der Waals surface area contributed by atoms with E-state index in [9.17, 15) is 0 Å². The van der Waals surface area contributed by atoms with Gasteiger partial charge >= 0.3 is 0 Å². The van der Waals surface area contributed by atoms with Gasteiger partial charge in [-0.15, -0.1) is 0 Å². The molecular weight excluding hydrogens is 222 g/mol. The van der Waals surface area contributed by atoms with Gasteiger partial charge in [-0.25, -0.2) is 0 Å². The zero-order valence-electron chi connectivity index (χ0n) is 10.9. The minimum Gasteiger partial charge on any atom is -0.370 e. The first-order valence-electron chi connectivity index (χ1n) is 6.10. The topological polar surface area (TPSA) is 42.2 Å². The number of anilines is 1. The Morgan fingerprint density at radius 3 is 2.56 bits per heavy atom. The molecule has 0 amide bonds. The van der Waals surface area contributed by atoms with E-state index in [0.29, 0.717) is 6.54 Å². The van der Waals surface area contributed by atoms with Crippen LogP contribution in [-0.2, 0) is 13.1 Å². The second-order valence-corrected chi connectivity index (χ2v) is 4.55. The third-order valence-electron chi connectivity index (χ3n) is 2.99. The molecule has 1 aromatic heterocycles. The van der Waals surface area contributed by atoms with E-state index in [1.54, 1.807) is 0 Å². The standard InChI is InChI=1S/C15H19N3/c1-12-3-5-13(6-4-12)11-18(2)15-7-8-17-14(9-15)10-16/h3-9H,10-11,16H2,1-2H3. The van der Waals surface area contributed by atoms with E-state index < -0.39 is 0 Å². The highest BCUT2D eigenvalue weighted by molar-refractivity contribution is 5.46. The van der Waals surface area contributed by atoms with Crippen LogP contribution in [0.4, 0.5) is 5.69 Å². The molecule has 0 fully saturated rings. The van der Waals surface area contributed by atoms with E-state index in [2.05, 4.69) is 48.1 Å². The van der Waals surface area contributed by atoms with Crippen LogP contribution in [0.15, 0.2) is 42.6 Å². The molecule has 18 heavy (non-hydrogen) atoms. The van der Waals surface area contributed by atoms with Crippen LogP contribution in [0.5, 0.6) is 0 Å². The van der Waals surface area contributed by atoms with E-state index in [4.69, 9.17) is 5.73 Å². The average Bonchev–Trinajstić information content (AvgIpc) is 2.41. The lowest BCUT2D eigenvalue weighted by atomic mass is 10.1. The molecule has 3 nitrogen and oxygen atoms in total. The minimum absolute atomic E-state index is 0.478. The van der Waals surface area contributed by atoms with Gasteiger partial charge < -0.3 is 10.6 Å². The molecule has 0 saturated heterocycles. The molecule has 0 bridgehead atoms. The van der Waals surface area contributed by atoms with Crippen molar-refractivity contribution in [1.29, 1.82) is 0 Å². The number of hydrogen-bond donors (Lipinski definition) is 1. The SMILES string of the molecule is Cc1ccc(CN(C)c2ccnc(CN)c2)cc1. The Balaban J connectivity index is 2.11. The Kier molecular flexibility index (Phi) is 3.95. The third kappa shape index (κ3) is 3.08. The van der Waals surface area contributed by atoms with Gasteiger partial charge in [-0.1, -0.05) is 29.8 Å². The van der Waals surface area contributed by atoms with Crippen LogP contribution >= 0.6 is 0 Å². The molecule has 2 aromatic rings. The first-order chi connectivity index (χ1) is 8.69. The van der Waals surface area contributed by atoms with Crippen LogP contribution in [0.2, 0.25) is 0 Å². The van der Waals surface area contributed by atoms with Crippen LogP contribution in [-0.4, -0.2) is 12.0 Å². The number of nitrogens with two attached hydrogens (primary N) is 1. The van der Waals surface area contributed by atoms with Crippen LogP contribution in [0.1, 0.15) is 16.8 Å². The molecule has 0 aliphatic heterocycles. The number of nitrogens with zero attached hydrogens (tertiary/aromatic N) is 2. The second-order valence-electron chi connectivity index (χ2n) is 4.55. The summed E-state index contributed by atoms with van der Waals surface area (Å²) in [7, 11) is 2.08. The van der Waals surface area contributed by atoms with Gasteiger partial charge in [0.15, 0.2) is 0 Å². The maximum Gasteiger partial charge on any atom is 0.0560 e.